The van der Waals surface area contributed by atoms with E-state index in [1.807, 2.05) is 0 Å². The van der Waals surface area contributed by atoms with Crippen molar-refractivity contribution in [1.82, 2.24) is 4.98 Å². The number of anilines is 1. The molecule has 1 aliphatic carbocycles. The van der Waals surface area contributed by atoms with E-state index in [1.165, 1.54) is 17.7 Å². The highest BCUT2D eigenvalue weighted by Crippen LogP contribution is 2.33. The molecule has 0 spiro atoms. The van der Waals surface area contributed by atoms with Crippen LogP contribution in [-0.4, -0.2) is 11.0 Å². The van der Waals surface area contributed by atoms with Gasteiger partial charge in [0.15, 0.2) is 5.13 Å². The van der Waals surface area contributed by atoms with Crippen molar-refractivity contribution >= 4 is 43.7 Å². The molecule has 2 aromatic rings. The molecule has 1 fully saturated rings. The average molecular weight is 301 g/mol. The van der Waals surface area contributed by atoms with Gasteiger partial charge in [-0.25, -0.2) is 4.98 Å². The molecule has 0 unspecified atom stereocenters. The number of hydrogen-bond acceptors (Lipinski definition) is 4. The number of rotatable bonds is 3. The van der Waals surface area contributed by atoms with E-state index >= 15 is 0 Å². The SMILES string of the molecule is Brc1csc(-c2csc(NC3CC3)n2)c1. The summed E-state index contributed by atoms with van der Waals surface area (Å²) in [5.41, 5.74) is 1.08. The molecule has 78 valence electrons. The summed E-state index contributed by atoms with van der Waals surface area (Å²) >= 11 is 6.87. The third-order valence-electron chi connectivity index (χ3n) is 2.23. The zero-order valence-corrected chi connectivity index (χ0v) is 11.1. The second kappa shape index (κ2) is 3.88. The largest absolute Gasteiger partial charge is 0.359 e. The molecule has 0 aliphatic heterocycles. The number of nitrogens with zero attached hydrogens (tertiary/aromatic N) is 1. The summed E-state index contributed by atoms with van der Waals surface area (Å²) in [5, 5.41) is 8.67. The number of aromatic nitrogens is 1. The summed E-state index contributed by atoms with van der Waals surface area (Å²) in [6.45, 7) is 0. The Kier molecular flexibility index (Phi) is 2.54. The fraction of sp³-hybridized carbons (Fsp3) is 0.300. The smallest absolute Gasteiger partial charge is 0.183 e. The van der Waals surface area contributed by atoms with Gasteiger partial charge in [-0.3, -0.25) is 0 Å². The molecule has 1 N–H and O–H groups in total. The van der Waals surface area contributed by atoms with E-state index in [0.29, 0.717) is 6.04 Å². The molecule has 1 saturated carbocycles. The molecular weight excluding hydrogens is 292 g/mol. The maximum atomic E-state index is 4.57. The summed E-state index contributed by atoms with van der Waals surface area (Å²) in [7, 11) is 0. The van der Waals surface area contributed by atoms with E-state index < -0.39 is 0 Å². The van der Waals surface area contributed by atoms with Crippen molar-refractivity contribution < 1.29 is 0 Å². The Hall–Kier alpha value is -0.390. The second-order valence-corrected chi connectivity index (χ2v) is 6.27. The van der Waals surface area contributed by atoms with Gasteiger partial charge in [0.05, 0.1) is 10.6 Å². The first-order chi connectivity index (χ1) is 7.31. The van der Waals surface area contributed by atoms with Gasteiger partial charge in [-0.1, -0.05) is 0 Å². The minimum Gasteiger partial charge on any atom is -0.359 e. The van der Waals surface area contributed by atoms with Gasteiger partial charge in [-0.15, -0.1) is 22.7 Å². The van der Waals surface area contributed by atoms with Crippen molar-refractivity contribution in [1.29, 1.82) is 0 Å². The van der Waals surface area contributed by atoms with Crippen LogP contribution in [0, 0.1) is 0 Å². The maximum absolute atomic E-state index is 4.57. The van der Waals surface area contributed by atoms with Crippen LogP contribution < -0.4 is 5.32 Å². The van der Waals surface area contributed by atoms with Crippen molar-refractivity contribution in [2.24, 2.45) is 0 Å². The predicted octanol–water partition coefficient (Wildman–Crippen LogP) is 4.21. The molecule has 0 aromatic carbocycles. The van der Waals surface area contributed by atoms with Crippen LogP contribution in [-0.2, 0) is 0 Å². The second-order valence-electron chi connectivity index (χ2n) is 3.59. The molecule has 2 nitrogen and oxygen atoms in total. The summed E-state index contributed by atoms with van der Waals surface area (Å²) in [4.78, 5) is 5.80. The minimum atomic E-state index is 0.680. The topological polar surface area (TPSA) is 24.9 Å². The van der Waals surface area contributed by atoms with Crippen molar-refractivity contribution in [3.8, 4) is 10.6 Å². The van der Waals surface area contributed by atoms with Crippen molar-refractivity contribution in [3.63, 3.8) is 0 Å². The Labute approximate surface area is 104 Å². The Morgan fingerprint density at radius 1 is 1.33 bits per heavy atom. The van der Waals surface area contributed by atoms with Gasteiger partial charge in [0, 0.05) is 21.3 Å². The fourth-order valence-corrected chi connectivity index (χ4v) is 3.55. The van der Waals surface area contributed by atoms with E-state index in [-0.39, 0.29) is 0 Å². The van der Waals surface area contributed by atoms with Crippen LogP contribution in [0.3, 0.4) is 0 Å². The fourth-order valence-electron chi connectivity index (χ4n) is 1.30. The molecule has 2 aromatic heterocycles. The molecule has 0 atom stereocenters. The van der Waals surface area contributed by atoms with Gasteiger partial charge in [-0.05, 0) is 34.8 Å². The van der Waals surface area contributed by atoms with E-state index in [4.69, 9.17) is 0 Å². The van der Waals surface area contributed by atoms with Gasteiger partial charge >= 0.3 is 0 Å². The lowest BCUT2D eigenvalue weighted by atomic mass is 10.4. The van der Waals surface area contributed by atoms with Crippen molar-refractivity contribution in [3.05, 3.63) is 21.3 Å². The predicted molar refractivity (Wildman–Crippen MR) is 69.8 cm³/mol. The van der Waals surface area contributed by atoms with Gasteiger partial charge in [0.2, 0.25) is 0 Å². The molecular formula is C10H9BrN2S2. The Bertz CT molecular complexity index is 473. The van der Waals surface area contributed by atoms with Crippen LogP contribution in [0.15, 0.2) is 21.3 Å². The summed E-state index contributed by atoms with van der Waals surface area (Å²) < 4.78 is 1.13. The monoisotopic (exact) mass is 300 g/mol. The number of hydrogen-bond donors (Lipinski definition) is 1. The quantitative estimate of drug-likeness (QED) is 0.918. The zero-order chi connectivity index (χ0) is 10.3. The molecule has 0 bridgehead atoms. The van der Waals surface area contributed by atoms with E-state index in [1.54, 1.807) is 22.7 Å². The third kappa shape index (κ3) is 2.24. The molecule has 5 heteroatoms. The molecule has 3 rings (SSSR count). The number of thiazole rings is 1. The van der Waals surface area contributed by atoms with Crippen LogP contribution in [0.1, 0.15) is 12.8 Å². The lowest BCUT2D eigenvalue weighted by molar-refractivity contribution is 1.14. The lowest BCUT2D eigenvalue weighted by Gasteiger charge is -1.95. The molecule has 1 aliphatic rings. The molecule has 0 amide bonds. The van der Waals surface area contributed by atoms with Gasteiger partial charge in [0.25, 0.3) is 0 Å². The molecule has 2 heterocycles. The van der Waals surface area contributed by atoms with Crippen molar-refractivity contribution in [2.45, 2.75) is 18.9 Å². The number of halogens is 1. The van der Waals surface area contributed by atoms with Crippen LogP contribution in [0.5, 0.6) is 0 Å². The van der Waals surface area contributed by atoms with E-state index in [2.05, 4.69) is 43.1 Å². The summed E-state index contributed by atoms with van der Waals surface area (Å²) in [6.07, 6.45) is 2.58. The highest BCUT2D eigenvalue weighted by molar-refractivity contribution is 9.10. The standard InChI is InChI=1S/C10H9BrN2S2/c11-6-3-9(14-4-6)8-5-15-10(13-8)12-7-1-2-7/h3-5,7H,1-2H2,(H,12,13). The first kappa shape index (κ1) is 9.81. The first-order valence-electron chi connectivity index (χ1n) is 4.78. The van der Waals surface area contributed by atoms with Gasteiger partial charge in [0.1, 0.15) is 0 Å². The molecule has 15 heavy (non-hydrogen) atoms. The lowest BCUT2D eigenvalue weighted by Crippen LogP contribution is -1.99. The van der Waals surface area contributed by atoms with Crippen LogP contribution in [0.4, 0.5) is 5.13 Å². The molecule has 0 radical (unpaired) electrons. The average Bonchev–Trinajstić information content (AvgIpc) is 2.74. The van der Waals surface area contributed by atoms with E-state index in [0.717, 1.165) is 15.3 Å². The number of nitrogens with one attached hydrogen (secondary N) is 1. The highest BCUT2D eigenvalue weighted by Gasteiger charge is 2.22. The normalized spacial score (nSPS) is 15.5. The number of thiophene rings is 1. The summed E-state index contributed by atoms with van der Waals surface area (Å²) in [5.74, 6) is 0. The first-order valence-corrected chi connectivity index (χ1v) is 7.33. The van der Waals surface area contributed by atoms with Gasteiger partial charge < -0.3 is 5.32 Å². The Morgan fingerprint density at radius 2 is 2.20 bits per heavy atom. The summed E-state index contributed by atoms with van der Waals surface area (Å²) in [6, 6.07) is 2.79. The molecule has 0 saturated heterocycles. The highest BCUT2D eigenvalue weighted by atomic mass is 79.9. The van der Waals surface area contributed by atoms with E-state index in [9.17, 15) is 0 Å². The maximum Gasteiger partial charge on any atom is 0.183 e. The Balaban J connectivity index is 1.82. The van der Waals surface area contributed by atoms with Crippen LogP contribution in [0.25, 0.3) is 10.6 Å². The minimum absolute atomic E-state index is 0.680. The Morgan fingerprint density at radius 3 is 2.87 bits per heavy atom. The van der Waals surface area contributed by atoms with Crippen LogP contribution >= 0.6 is 38.6 Å². The third-order valence-corrected chi connectivity index (χ3v) is 4.72. The van der Waals surface area contributed by atoms with Crippen LogP contribution in [0.2, 0.25) is 0 Å². The van der Waals surface area contributed by atoms with Gasteiger partial charge in [-0.2, -0.15) is 0 Å². The van der Waals surface area contributed by atoms with Crippen molar-refractivity contribution in [2.75, 3.05) is 5.32 Å². The zero-order valence-electron chi connectivity index (χ0n) is 7.87.